The summed E-state index contributed by atoms with van der Waals surface area (Å²) in [5.41, 5.74) is 1.28. The standard InChI is InChI=1S/C21H30O3/c1-12(22)15-4-5-16-19-17(7-9-21(15,16)3)20(2)8-6-14(23)10-13(20)11-18(19)24/h11,14-17,19,23H,4-10H2,1-3H3/t14-,15+,16-,17-,19-,20-,21+/m0/s1. The van der Waals surface area contributed by atoms with Crippen LogP contribution in [0.15, 0.2) is 11.6 Å². The first kappa shape index (κ1) is 16.5. The fourth-order valence-corrected chi connectivity index (χ4v) is 7.05. The predicted molar refractivity (Wildman–Crippen MR) is 92.3 cm³/mol. The van der Waals surface area contributed by atoms with Gasteiger partial charge in [0.05, 0.1) is 6.10 Å². The van der Waals surface area contributed by atoms with Crippen LogP contribution < -0.4 is 0 Å². The molecule has 0 aromatic rings. The van der Waals surface area contributed by atoms with Gasteiger partial charge in [-0.15, -0.1) is 0 Å². The molecule has 3 heteroatoms. The highest BCUT2D eigenvalue weighted by Crippen LogP contribution is 2.65. The first-order valence-corrected chi connectivity index (χ1v) is 9.71. The fourth-order valence-electron chi connectivity index (χ4n) is 7.05. The lowest BCUT2D eigenvalue weighted by Gasteiger charge is -2.57. The molecule has 4 rings (SSSR count). The molecule has 24 heavy (non-hydrogen) atoms. The molecule has 4 aliphatic rings. The number of aliphatic hydroxyl groups is 1. The predicted octanol–water partition coefficient (Wildman–Crippen LogP) is 3.69. The Labute approximate surface area is 144 Å². The van der Waals surface area contributed by atoms with Crippen molar-refractivity contribution < 1.29 is 14.7 Å². The molecular weight excluding hydrogens is 300 g/mol. The van der Waals surface area contributed by atoms with E-state index in [0.717, 1.165) is 38.5 Å². The van der Waals surface area contributed by atoms with E-state index in [1.165, 1.54) is 5.57 Å². The van der Waals surface area contributed by atoms with Gasteiger partial charge in [-0.2, -0.15) is 0 Å². The summed E-state index contributed by atoms with van der Waals surface area (Å²) in [4.78, 5) is 25.2. The van der Waals surface area contributed by atoms with E-state index >= 15 is 0 Å². The minimum absolute atomic E-state index is 0.0124. The fraction of sp³-hybridized carbons (Fsp3) is 0.810. The Morgan fingerprint density at radius 3 is 2.58 bits per heavy atom. The highest BCUT2D eigenvalue weighted by atomic mass is 16.3. The van der Waals surface area contributed by atoms with Crippen LogP contribution in [0.3, 0.4) is 0 Å². The molecule has 0 unspecified atom stereocenters. The zero-order valence-electron chi connectivity index (χ0n) is 15.2. The van der Waals surface area contributed by atoms with Gasteiger partial charge in [-0.05, 0) is 80.6 Å². The monoisotopic (exact) mass is 330 g/mol. The number of carbonyl (C=O) groups excluding carboxylic acids is 2. The van der Waals surface area contributed by atoms with Crippen molar-refractivity contribution in [3.05, 3.63) is 11.6 Å². The quantitative estimate of drug-likeness (QED) is 0.797. The Bertz CT molecular complexity index is 621. The summed E-state index contributed by atoms with van der Waals surface area (Å²) in [7, 11) is 0. The number of fused-ring (bicyclic) bond motifs is 5. The molecule has 0 aromatic heterocycles. The molecule has 0 amide bonds. The lowest BCUT2D eigenvalue weighted by atomic mass is 9.47. The van der Waals surface area contributed by atoms with Crippen molar-refractivity contribution >= 4 is 11.6 Å². The number of rotatable bonds is 1. The summed E-state index contributed by atoms with van der Waals surface area (Å²) >= 11 is 0. The van der Waals surface area contributed by atoms with E-state index in [-0.39, 0.29) is 34.6 Å². The normalized spacial score (nSPS) is 50.6. The molecule has 3 fully saturated rings. The highest BCUT2D eigenvalue weighted by molar-refractivity contribution is 5.95. The van der Waals surface area contributed by atoms with Crippen LogP contribution >= 0.6 is 0 Å². The van der Waals surface area contributed by atoms with Gasteiger partial charge in [0.25, 0.3) is 0 Å². The lowest BCUT2D eigenvalue weighted by molar-refractivity contribution is -0.138. The molecule has 0 radical (unpaired) electrons. The Balaban J connectivity index is 1.73. The van der Waals surface area contributed by atoms with Gasteiger partial charge in [-0.1, -0.05) is 19.4 Å². The molecule has 0 saturated heterocycles. The van der Waals surface area contributed by atoms with Gasteiger partial charge in [-0.3, -0.25) is 9.59 Å². The number of aliphatic hydroxyl groups excluding tert-OH is 1. The van der Waals surface area contributed by atoms with E-state index in [0.29, 0.717) is 24.0 Å². The van der Waals surface area contributed by atoms with E-state index in [1.54, 1.807) is 6.92 Å². The number of hydrogen-bond acceptors (Lipinski definition) is 3. The largest absolute Gasteiger partial charge is 0.393 e. The molecular formula is C21H30O3. The van der Waals surface area contributed by atoms with Gasteiger partial charge in [0, 0.05) is 11.8 Å². The number of ketones is 2. The van der Waals surface area contributed by atoms with Crippen LogP contribution in [0.2, 0.25) is 0 Å². The van der Waals surface area contributed by atoms with Gasteiger partial charge in [0.1, 0.15) is 5.78 Å². The molecule has 3 saturated carbocycles. The van der Waals surface area contributed by atoms with E-state index in [1.807, 2.05) is 6.08 Å². The van der Waals surface area contributed by atoms with Crippen molar-refractivity contribution in [3.63, 3.8) is 0 Å². The maximum Gasteiger partial charge on any atom is 0.159 e. The summed E-state index contributed by atoms with van der Waals surface area (Å²) in [6.45, 7) is 6.33. The average molecular weight is 330 g/mol. The molecule has 0 spiro atoms. The average Bonchev–Trinajstić information content (AvgIpc) is 2.86. The third kappa shape index (κ3) is 2.06. The molecule has 4 aliphatic carbocycles. The van der Waals surface area contributed by atoms with Crippen LogP contribution in [-0.2, 0) is 9.59 Å². The molecule has 1 N–H and O–H groups in total. The number of allylic oxidation sites excluding steroid dienone is 1. The first-order valence-electron chi connectivity index (χ1n) is 9.71. The van der Waals surface area contributed by atoms with Crippen molar-refractivity contribution in [1.82, 2.24) is 0 Å². The molecule has 3 nitrogen and oxygen atoms in total. The third-order valence-electron chi connectivity index (χ3n) is 8.41. The van der Waals surface area contributed by atoms with Gasteiger partial charge >= 0.3 is 0 Å². The van der Waals surface area contributed by atoms with Crippen molar-refractivity contribution in [3.8, 4) is 0 Å². The van der Waals surface area contributed by atoms with Crippen LogP contribution in [0.1, 0.15) is 65.7 Å². The second kappa shape index (κ2) is 5.27. The maximum atomic E-state index is 13.1. The Morgan fingerprint density at radius 2 is 1.88 bits per heavy atom. The molecule has 132 valence electrons. The smallest absolute Gasteiger partial charge is 0.159 e. The van der Waals surface area contributed by atoms with Crippen LogP contribution in [0.4, 0.5) is 0 Å². The highest BCUT2D eigenvalue weighted by Gasteiger charge is 2.61. The second-order valence-corrected chi connectivity index (χ2v) is 9.41. The second-order valence-electron chi connectivity index (χ2n) is 9.41. The topological polar surface area (TPSA) is 54.4 Å². The Kier molecular flexibility index (Phi) is 3.62. The summed E-state index contributed by atoms with van der Waals surface area (Å²) in [6, 6.07) is 0. The zero-order valence-corrected chi connectivity index (χ0v) is 15.2. The molecule has 7 atom stereocenters. The SMILES string of the molecule is CC(=O)[C@H]1CC[C@H]2[C@@H]3C(=O)C=C4C[C@@H](O)CC[C@]4(C)[C@H]3CC[C@]12C. The summed E-state index contributed by atoms with van der Waals surface area (Å²) in [5, 5.41) is 10.0. The van der Waals surface area contributed by atoms with Crippen LogP contribution in [0, 0.1) is 34.5 Å². The van der Waals surface area contributed by atoms with Gasteiger partial charge < -0.3 is 5.11 Å². The number of carbonyl (C=O) groups is 2. The molecule has 0 aromatic carbocycles. The summed E-state index contributed by atoms with van der Waals surface area (Å²) in [6.07, 6.45) is 8.22. The third-order valence-corrected chi connectivity index (χ3v) is 8.41. The van der Waals surface area contributed by atoms with E-state index in [4.69, 9.17) is 0 Å². The summed E-state index contributed by atoms with van der Waals surface area (Å²) < 4.78 is 0. The summed E-state index contributed by atoms with van der Waals surface area (Å²) in [5.74, 6) is 1.59. The van der Waals surface area contributed by atoms with Crippen LogP contribution in [0.5, 0.6) is 0 Å². The van der Waals surface area contributed by atoms with E-state index in [2.05, 4.69) is 13.8 Å². The van der Waals surface area contributed by atoms with Crippen LogP contribution in [0.25, 0.3) is 0 Å². The zero-order chi connectivity index (χ0) is 17.3. The van der Waals surface area contributed by atoms with Crippen molar-refractivity contribution in [2.45, 2.75) is 71.8 Å². The molecule has 0 aliphatic heterocycles. The van der Waals surface area contributed by atoms with Crippen molar-refractivity contribution in [2.24, 2.45) is 34.5 Å². The minimum Gasteiger partial charge on any atom is -0.393 e. The van der Waals surface area contributed by atoms with Gasteiger partial charge in [-0.25, -0.2) is 0 Å². The minimum atomic E-state index is -0.281. The lowest BCUT2D eigenvalue weighted by Crippen LogP contribution is -2.53. The van der Waals surface area contributed by atoms with E-state index < -0.39 is 0 Å². The molecule has 0 bridgehead atoms. The Hall–Kier alpha value is -0.960. The van der Waals surface area contributed by atoms with E-state index in [9.17, 15) is 14.7 Å². The molecule has 0 heterocycles. The first-order chi connectivity index (χ1) is 11.3. The van der Waals surface area contributed by atoms with Crippen molar-refractivity contribution in [2.75, 3.05) is 0 Å². The number of hydrogen-bond donors (Lipinski definition) is 1. The number of Topliss-reactive ketones (excluding diaryl/α,β-unsaturated/α-hetero) is 1. The van der Waals surface area contributed by atoms with Gasteiger partial charge in [0.15, 0.2) is 5.78 Å². The Morgan fingerprint density at radius 1 is 1.12 bits per heavy atom. The van der Waals surface area contributed by atoms with Crippen molar-refractivity contribution in [1.29, 1.82) is 0 Å². The van der Waals surface area contributed by atoms with Crippen LogP contribution in [-0.4, -0.2) is 22.8 Å². The van der Waals surface area contributed by atoms with Gasteiger partial charge in [0.2, 0.25) is 0 Å². The maximum absolute atomic E-state index is 13.1.